The molecule has 1 aliphatic rings. The van der Waals surface area contributed by atoms with Crippen molar-refractivity contribution in [2.45, 2.75) is 25.0 Å². The van der Waals surface area contributed by atoms with E-state index in [1.807, 2.05) is 6.07 Å². The number of carbonyl (C=O) groups is 1. The average Bonchev–Trinajstić information content (AvgIpc) is 3.01. The summed E-state index contributed by atoms with van der Waals surface area (Å²) in [4.78, 5) is 11.6. The van der Waals surface area contributed by atoms with Gasteiger partial charge in [-0.3, -0.25) is 0 Å². The second-order valence-corrected chi connectivity index (χ2v) is 8.95. The number of halogens is 3. The predicted molar refractivity (Wildman–Crippen MR) is 104 cm³/mol. The normalized spacial score (nSPS) is 15.3. The lowest BCUT2D eigenvalue weighted by Gasteiger charge is -2.28. The van der Waals surface area contributed by atoms with Gasteiger partial charge in [0, 0.05) is 29.7 Å². The molecule has 0 aliphatic carbocycles. The van der Waals surface area contributed by atoms with Gasteiger partial charge in [-0.25, -0.2) is 13.2 Å². The van der Waals surface area contributed by atoms with E-state index in [9.17, 15) is 31.5 Å². The summed E-state index contributed by atoms with van der Waals surface area (Å²) in [5.41, 5.74) is -2.88. The summed E-state index contributed by atoms with van der Waals surface area (Å²) in [6, 6.07) is 13.6. The van der Waals surface area contributed by atoms with Crippen molar-refractivity contribution < 1.29 is 31.5 Å². The highest BCUT2D eigenvalue weighted by molar-refractivity contribution is 7.89. The Bertz CT molecular complexity index is 1250. The third-order valence-corrected chi connectivity index (χ3v) is 6.92. The number of aromatic nitrogens is 1. The molecule has 2 heterocycles. The summed E-state index contributed by atoms with van der Waals surface area (Å²) < 4.78 is 65.3. The number of aromatic carboxylic acids is 1. The summed E-state index contributed by atoms with van der Waals surface area (Å²) in [6.45, 7) is -0.603. The number of rotatable bonds is 4. The molecule has 0 saturated carbocycles. The quantitative estimate of drug-likeness (QED) is 0.675. The molecule has 10 heteroatoms. The zero-order valence-corrected chi connectivity index (χ0v) is 16.4. The number of benzene rings is 2. The van der Waals surface area contributed by atoms with Crippen molar-refractivity contribution in [2.24, 2.45) is 0 Å². The van der Waals surface area contributed by atoms with E-state index in [0.29, 0.717) is 21.1 Å². The SMILES string of the molecule is O=C(O)c1ccccc1Cn1c2c(c3ccccc31)CCN(S(=O)(=O)C(F)(F)F)C2. The molecule has 0 atom stereocenters. The van der Waals surface area contributed by atoms with Crippen LogP contribution < -0.4 is 0 Å². The standard InChI is InChI=1S/C20H17F3N2O4S/c21-20(22,23)30(28,29)24-10-9-16-15-7-3-4-8-17(15)25(18(16)12-24)11-13-5-1-2-6-14(13)19(26)27/h1-8H,9-12H2,(H,26,27). The molecule has 0 spiro atoms. The van der Waals surface area contributed by atoms with Crippen LogP contribution in [0.1, 0.15) is 27.2 Å². The highest BCUT2D eigenvalue weighted by Crippen LogP contribution is 2.35. The Morgan fingerprint density at radius 3 is 2.43 bits per heavy atom. The van der Waals surface area contributed by atoms with Crippen LogP contribution in [-0.2, 0) is 29.5 Å². The number of carboxylic acids is 1. The van der Waals surface area contributed by atoms with E-state index in [1.54, 1.807) is 41.0 Å². The first-order valence-electron chi connectivity index (χ1n) is 9.08. The fourth-order valence-electron chi connectivity index (χ4n) is 3.94. The molecule has 1 aliphatic heterocycles. The molecule has 30 heavy (non-hydrogen) atoms. The average molecular weight is 438 g/mol. The number of alkyl halides is 3. The summed E-state index contributed by atoms with van der Waals surface area (Å²) >= 11 is 0. The van der Waals surface area contributed by atoms with Crippen molar-refractivity contribution >= 4 is 26.9 Å². The molecule has 0 radical (unpaired) electrons. The molecular formula is C20H17F3N2O4S. The minimum atomic E-state index is -5.46. The Balaban J connectivity index is 1.85. The molecule has 1 aromatic heterocycles. The summed E-state index contributed by atoms with van der Waals surface area (Å²) in [5, 5.41) is 10.3. The van der Waals surface area contributed by atoms with E-state index in [2.05, 4.69) is 0 Å². The van der Waals surface area contributed by atoms with Crippen LogP contribution in [0.25, 0.3) is 10.9 Å². The molecular weight excluding hydrogens is 421 g/mol. The molecule has 2 aromatic carbocycles. The van der Waals surface area contributed by atoms with E-state index < -0.39 is 28.0 Å². The van der Waals surface area contributed by atoms with Crippen molar-refractivity contribution in [2.75, 3.05) is 6.54 Å². The Labute approximate surface area is 170 Å². The maximum absolute atomic E-state index is 13.1. The highest BCUT2D eigenvalue weighted by atomic mass is 32.2. The zero-order chi connectivity index (χ0) is 21.7. The third kappa shape index (κ3) is 3.25. The van der Waals surface area contributed by atoms with Crippen LogP contribution in [0.4, 0.5) is 13.2 Å². The van der Waals surface area contributed by atoms with Gasteiger partial charge in [-0.15, -0.1) is 0 Å². The van der Waals surface area contributed by atoms with Crippen molar-refractivity contribution in [3.63, 3.8) is 0 Å². The molecule has 3 aromatic rings. The van der Waals surface area contributed by atoms with Gasteiger partial charge >= 0.3 is 21.5 Å². The third-order valence-electron chi connectivity index (χ3n) is 5.34. The number of nitrogens with zero attached hydrogens (tertiary/aromatic N) is 2. The maximum atomic E-state index is 13.1. The van der Waals surface area contributed by atoms with Crippen LogP contribution in [0, 0.1) is 0 Å². The lowest BCUT2D eigenvalue weighted by Crippen LogP contribution is -2.43. The molecule has 6 nitrogen and oxygen atoms in total. The molecule has 158 valence electrons. The Kier molecular flexibility index (Phi) is 4.86. The van der Waals surface area contributed by atoms with Crippen molar-refractivity contribution in [3.8, 4) is 0 Å². The van der Waals surface area contributed by atoms with Gasteiger partial charge in [0.25, 0.3) is 0 Å². The lowest BCUT2D eigenvalue weighted by molar-refractivity contribution is -0.0493. The van der Waals surface area contributed by atoms with E-state index in [0.717, 1.165) is 10.9 Å². The second-order valence-electron chi connectivity index (χ2n) is 7.03. The first-order valence-corrected chi connectivity index (χ1v) is 10.5. The minimum Gasteiger partial charge on any atom is -0.478 e. The predicted octanol–water partition coefficient (Wildman–Crippen LogP) is 3.60. The van der Waals surface area contributed by atoms with Gasteiger partial charge in [-0.1, -0.05) is 36.4 Å². The van der Waals surface area contributed by atoms with Crippen LogP contribution in [0.5, 0.6) is 0 Å². The number of fused-ring (bicyclic) bond motifs is 3. The first kappa shape index (κ1) is 20.4. The van der Waals surface area contributed by atoms with E-state index in [4.69, 9.17) is 0 Å². The van der Waals surface area contributed by atoms with Gasteiger partial charge in [-0.05, 0) is 29.7 Å². The monoisotopic (exact) mass is 438 g/mol. The van der Waals surface area contributed by atoms with Crippen LogP contribution >= 0.6 is 0 Å². The van der Waals surface area contributed by atoms with Crippen LogP contribution in [0.15, 0.2) is 48.5 Å². The van der Waals surface area contributed by atoms with E-state index in [1.165, 1.54) is 6.07 Å². The Morgan fingerprint density at radius 2 is 1.73 bits per heavy atom. The lowest BCUT2D eigenvalue weighted by atomic mass is 10.0. The summed E-state index contributed by atoms with van der Waals surface area (Å²) in [7, 11) is -5.46. The van der Waals surface area contributed by atoms with Crippen molar-refractivity contribution in [3.05, 3.63) is 70.9 Å². The van der Waals surface area contributed by atoms with Crippen LogP contribution in [0.3, 0.4) is 0 Å². The largest absolute Gasteiger partial charge is 0.511 e. The summed E-state index contributed by atoms with van der Waals surface area (Å²) in [5.74, 6) is -1.11. The maximum Gasteiger partial charge on any atom is 0.511 e. The first-order chi connectivity index (χ1) is 14.1. The minimum absolute atomic E-state index is 0.0830. The molecule has 4 rings (SSSR count). The van der Waals surface area contributed by atoms with Gasteiger partial charge in [0.2, 0.25) is 0 Å². The van der Waals surface area contributed by atoms with E-state index in [-0.39, 0.29) is 25.1 Å². The van der Waals surface area contributed by atoms with Crippen LogP contribution in [0.2, 0.25) is 0 Å². The molecule has 0 fully saturated rings. The highest BCUT2D eigenvalue weighted by Gasteiger charge is 2.50. The number of sulfonamides is 1. The van der Waals surface area contributed by atoms with Gasteiger partial charge in [0.1, 0.15) is 0 Å². The topological polar surface area (TPSA) is 79.6 Å². The molecule has 0 unspecified atom stereocenters. The molecule has 0 amide bonds. The fourth-order valence-corrected chi connectivity index (χ4v) is 4.86. The zero-order valence-electron chi connectivity index (χ0n) is 15.6. The Hall–Kier alpha value is -2.85. The van der Waals surface area contributed by atoms with Crippen molar-refractivity contribution in [1.82, 2.24) is 8.87 Å². The fraction of sp³-hybridized carbons (Fsp3) is 0.250. The second kappa shape index (κ2) is 7.13. The molecule has 1 N–H and O–H groups in total. The molecule has 0 saturated heterocycles. The van der Waals surface area contributed by atoms with Gasteiger partial charge < -0.3 is 9.67 Å². The van der Waals surface area contributed by atoms with Gasteiger partial charge in [0.05, 0.1) is 12.1 Å². The van der Waals surface area contributed by atoms with Crippen LogP contribution in [-0.4, -0.2) is 40.4 Å². The summed E-state index contributed by atoms with van der Waals surface area (Å²) in [6.07, 6.45) is 0.138. The van der Waals surface area contributed by atoms with Crippen molar-refractivity contribution in [1.29, 1.82) is 0 Å². The molecule has 0 bridgehead atoms. The number of carboxylic acid groups (broad SMARTS) is 1. The van der Waals surface area contributed by atoms with E-state index >= 15 is 0 Å². The smallest absolute Gasteiger partial charge is 0.478 e. The van der Waals surface area contributed by atoms with Gasteiger partial charge in [0.15, 0.2) is 0 Å². The van der Waals surface area contributed by atoms with Gasteiger partial charge in [-0.2, -0.15) is 17.5 Å². The number of para-hydroxylation sites is 1. The number of hydrogen-bond acceptors (Lipinski definition) is 3. The number of hydrogen-bond donors (Lipinski definition) is 1. The Morgan fingerprint density at radius 1 is 1.07 bits per heavy atom.